The summed E-state index contributed by atoms with van der Waals surface area (Å²) in [4.78, 5) is 54.1. The van der Waals surface area contributed by atoms with E-state index in [1.54, 1.807) is 12.1 Å². The molecule has 11 nitrogen and oxygen atoms in total. The zero-order valence-corrected chi connectivity index (χ0v) is 22.7. The third kappa shape index (κ3) is 7.37. The van der Waals surface area contributed by atoms with Crippen molar-refractivity contribution in [2.24, 2.45) is 5.92 Å². The van der Waals surface area contributed by atoms with Crippen molar-refractivity contribution >= 4 is 29.6 Å². The Morgan fingerprint density at radius 1 is 1.08 bits per heavy atom. The lowest BCUT2D eigenvalue weighted by Crippen LogP contribution is -2.53. The maximum atomic E-state index is 12.8. The van der Waals surface area contributed by atoms with Crippen LogP contribution in [0.3, 0.4) is 0 Å². The lowest BCUT2D eigenvalue weighted by Gasteiger charge is -2.41. The Labute approximate surface area is 223 Å². The number of amides is 5. The Morgan fingerprint density at radius 3 is 2.45 bits per heavy atom. The van der Waals surface area contributed by atoms with E-state index < -0.39 is 11.6 Å². The zero-order chi connectivity index (χ0) is 27.4. The SMILES string of the molecule is Cc1ccc(OCC(=O)N2CCN(CC3CC(NC(=O)OC(C)(C)C)C3)CC2)cc1N1CCC(=O)NC1=O. The number of imide groups is 1. The molecule has 0 aromatic heterocycles. The number of anilines is 1. The Bertz CT molecular complexity index is 1060. The summed E-state index contributed by atoms with van der Waals surface area (Å²) >= 11 is 0. The van der Waals surface area contributed by atoms with Crippen LogP contribution in [0, 0.1) is 12.8 Å². The van der Waals surface area contributed by atoms with E-state index in [1.807, 2.05) is 38.7 Å². The van der Waals surface area contributed by atoms with Gasteiger partial charge in [-0.05, 0) is 58.1 Å². The average Bonchev–Trinajstić information content (AvgIpc) is 2.81. The van der Waals surface area contributed by atoms with Gasteiger partial charge in [0.25, 0.3) is 5.91 Å². The number of ether oxygens (including phenoxy) is 2. The minimum absolute atomic E-state index is 0.0710. The van der Waals surface area contributed by atoms with Gasteiger partial charge in [-0.15, -0.1) is 0 Å². The minimum Gasteiger partial charge on any atom is -0.484 e. The number of carbonyl (C=O) groups is 4. The molecule has 0 radical (unpaired) electrons. The largest absolute Gasteiger partial charge is 0.484 e. The van der Waals surface area contributed by atoms with Gasteiger partial charge in [0.2, 0.25) is 5.91 Å². The van der Waals surface area contributed by atoms with E-state index in [9.17, 15) is 19.2 Å². The van der Waals surface area contributed by atoms with E-state index in [2.05, 4.69) is 15.5 Å². The van der Waals surface area contributed by atoms with Gasteiger partial charge in [0.05, 0.1) is 5.69 Å². The fourth-order valence-electron chi connectivity index (χ4n) is 5.02. The van der Waals surface area contributed by atoms with Crippen LogP contribution in [0.4, 0.5) is 15.3 Å². The first kappa shape index (κ1) is 27.7. The van der Waals surface area contributed by atoms with Crippen molar-refractivity contribution in [3.05, 3.63) is 23.8 Å². The molecule has 2 saturated heterocycles. The number of alkyl carbamates (subject to hydrolysis) is 1. The van der Waals surface area contributed by atoms with Gasteiger partial charge in [0.1, 0.15) is 11.4 Å². The van der Waals surface area contributed by atoms with Crippen LogP contribution in [0.15, 0.2) is 18.2 Å². The molecule has 4 rings (SSSR count). The van der Waals surface area contributed by atoms with Crippen molar-refractivity contribution < 1.29 is 28.7 Å². The molecule has 1 saturated carbocycles. The number of aryl methyl sites for hydroxylation is 1. The summed E-state index contributed by atoms with van der Waals surface area (Å²) in [5.74, 6) is 0.686. The molecule has 1 aromatic carbocycles. The van der Waals surface area contributed by atoms with Gasteiger partial charge in [-0.3, -0.25) is 24.7 Å². The highest BCUT2D eigenvalue weighted by atomic mass is 16.6. The van der Waals surface area contributed by atoms with Gasteiger partial charge in [-0.1, -0.05) is 6.07 Å². The lowest BCUT2D eigenvalue weighted by molar-refractivity contribution is -0.135. The summed E-state index contributed by atoms with van der Waals surface area (Å²) in [6.07, 6.45) is 1.77. The summed E-state index contributed by atoms with van der Waals surface area (Å²) < 4.78 is 11.1. The predicted molar refractivity (Wildman–Crippen MR) is 141 cm³/mol. The van der Waals surface area contributed by atoms with Crippen LogP contribution in [-0.4, -0.2) is 91.3 Å². The van der Waals surface area contributed by atoms with Crippen LogP contribution >= 0.6 is 0 Å². The number of piperazine rings is 1. The molecule has 0 bridgehead atoms. The number of carbonyl (C=O) groups excluding carboxylic acids is 4. The number of urea groups is 1. The van der Waals surface area contributed by atoms with E-state index in [-0.39, 0.29) is 37.0 Å². The molecule has 3 fully saturated rings. The maximum absolute atomic E-state index is 12.8. The molecule has 1 aromatic rings. The van der Waals surface area contributed by atoms with Gasteiger partial charge in [-0.25, -0.2) is 9.59 Å². The Kier molecular flexibility index (Phi) is 8.44. The number of rotatable bonds is 7. The number of hydrogen-bond donors (Lipinski definition) is 2. The number of nitrogens with one attached hydrogen (secondary N) is 2. The van der Waals surface area contributed by atoms with E-state index >= 15 is 0 Å². The summed E-state index contributed by atoms with van der Waals surface area (Å²) in [5, 5.41) is 5.26. The second-order valence-corrected chi connectivity index (χ2v) is 11.4. The summed E-state index contributed by atoms with van der Waals surface area (Å²) in [5.41, 5.74) is 1.04. The summed E-state index contributed by atoms with van der Waals surface area (Å²) in [6, 6.07) is 5.07. The zero-order valence-electron chi connectivity index (χ0n) is 22.7. The summed E-state index contributed by atoms with van der Waals surface area (Å²) in [7, 11) is 0. The van der Waals surface area contributed by atoms with E-state index in [1.165, 1.54) is 4.90 Å². The van der Waals surface area contributed by atoms with Crippen molar-refractivity contribution in [2.75, 3.05) is 50.8 Å². The Balaban J connectivity index is 1.16. The predicted octanol–water partition coefficient (Wildman–Crippen LogP) is 2.27. The van der Waals surface area contributed by atoms with Crippen molar-refractivity contribution in [3.63, 3.8) is 0 Å². The van der Waals surface area contributed by atoms with Crippen molar-refractivity contribution in [1.29, 1.82) is 0 Å². The third-order valence-corrected chi connectivity index (χ3v) is 7.09. The molecule has 2 heterocycles. The molecule has 11 heteroatoms. The third-order valence-electron chi connectivity index (χ3n) is 7.09. The quantitative estimate of drug-likeness (QED) is 0.556. The average molecular weight is 530 g/mol. The first-order valence-corrected chi connectivity index (χ1v) is 13.3. The molecule has 2 N–H and O–H groups in total. The Hall–Kier alpha value is -3.34. The van der Waals surface area contributed by atoms with Crippen molar-refractivity contribution in [2.45, 2.75) is 58.6 Å². The van der Waals surface area contributed by atoms with Crippen LogP contribution in [0.2, 0.25) is 0 Å². The van der Waals surface area contributed by atoms with Gasteiger partial charge >= 0.3 is 12.1 Å². The van der Waals surface area contributed by atoms with Gasteiger partial charge in [0, 0.05) is 57.8 Å². The molecule has 2 aliphatic heterocycles. The lowest BCUT2D eigenvalue weighted by atomic mass is 9.80. The second kappa shape index (κ2) is 11.6. The molecule has 0 spiro atoms. The highest BCUT2D eigenvalue weighted by molar-refractivity contribution is 6.06. The van der Waals surface area contributed by atoms with Crippen LogP contribution in [-0.2, 0) is 14.3 Å². The van der Waals surface area contributed by atoms with Gasteiger partial charge in [-0.2, -0.15) is 0 Å². The molecule has 38 heavy (non-hydrogen) atoms. The Morgan fingerprint density at radius 2 is 1.79 bits per heavy atom. The second-order valence-electron chi connectivity index (χ2n) is 11.4. The van der Waals surface area contributed by atoms with Crippen LogP contribution in [0.25, 0.3) is 0 Å². The van der Waals surface area contributed by atoms with Crippen LogP contribution in [0.5, 0.6) is 5.75 Å². The van der Waals surface area contributed by atoms with Crippen LogP contribution in [0.1, 0.15) is 45.6 Å². The molecule has 1 aliphatic carbocycles. The van der Waals surface area contributed by atoms with E-state index in [0.717, 1.165) is 38.0 Å². The standard InChI is InChI=1S/C27H39N5O6/c1-18-5-6-21(15-22(18)32-8-7-23(33)29-25(32)35)37-17-24(34)31-11-9-30(10-12-31)16-19-13-20(14-19)28-26(36)38-27(2,3)4/h5-6,15,19-20H,7-14,16-17H2,1-4H3,(H,28,36)(H,29,33,35). The fraction of sp³-hybridized carbons (Fsp3) is 0.630. The van der Waals surface area contributed by atoms with Crippen molar-refractivity contribution in [3.8, 4) is 5.75 Å². The molecular weight excluding hydrogens is 490 g/mol. The van der Waals surface area contributed by atoms with Crippen LogP contribution < -0.4 is 20.3 Å². The topological polar surface area (TPSA) is 121 Å². The smallest absolute Gasteiger partial charge is 0.407 e. The minimum atomic E-state index is -0.494. The first-order chi connectivity index (χ1) is 18.0. The molecule has 0 atom stereocenters. The molecular formula is C27H39N5O6. The molecule has 208 valence electrons. The van der Waals surface area contributed by atoms with Gasteiger partial charge < -0.3 is 19.7 Å². The molecule has 5 amide bonds. The highest BCUT2D eigenvalue weighted by Gasteiger charge is 2.34. The normalized spacial score (nSPS) is 22.4. The number of benzene rings is 1. The maximum Gasteiger partial charge on any atom is 0.407 e. The number of hydrogen-bond acceptors (Lipinski definition) is 7. The fourth-order valence-corrected chi connectivity index (χ4v) is 5.02. The molecule has 0 unspecified atom stereocenters. The highest BCUT2D eigenvalue weighted by Crippen LogP contribution is 2.29. The monoisotopic (exact) mass is 529 g/mol. The van der Waals surface area contributed by atoms with Crippen molar-refractivity contribution in [1.82, 2.24) is 20.4 Å². The van der Waals surface area contributed by atoms with Gasteiger partial charge in [0.15, 0.2) is 6.61 Å². The molecule has 3 aliphatic rings. The number of nitrogens with zero attached hydrogens (tertiary/aromatic N) is 3. The van der Waals surface area contributed by atoms with E-state index in [0.29, 0.717) is 37.0 Å². The summed E-state index contributed by atoms with van der Waals surface area (Å²) in [6.45, 7) is 11.6. The first-order valence-electron chi connectivity index (χ1n) is 13.3. The van der Waals surface area contributed by atoms with E-state index in [4.69, 9.17) is 9.47 Å².